The van der Waals surface area contributed by atoms with Gasteiger partial charge in [0.2, 0.25) is 5.91 Å². The van der Waals surface area contributed by atoms with Gasteiger partial charge in [0.1, 0.15) is 11.9 Å². The van der Waals surface area contributed by atoms with Crippen LogP contribution >= 0.6 is 11.6 Å². The normalized spacial score (nSPS) is 9.00. The van der Waals surface area contributed by atoms with E-state index < -0.39 is 0 Å². The SMILES string of the molecule is CC(=O)Nc1cc(Cl)c(C#N)cn1. The van der Waals surface area contributed by atoms with E-state index in [9.17, 15) is 4.79 Å². The van der Waals surface area contributed by atoms with Crippen LogP contribution in [-0.4, -0.2) is 10.9 Å². The Bertz CT molecular complexity index is 383. The summed E-state index contributed by atoms with van der Waals surface area (Å²) in [7, 11) is 0. The molecule has 1 aromatic rings. The Balaban J connectivity index is 2.97. The minimum absolute atomic E-state index is 0.228. The molecular formula is C8H6ClN3O. The molecule has 0 spiro atoms. The highest BCUT2D eigenvalue weighted by Gasteiger charge is 2.02. The summed E-state index contributed by atoms with van der Waals surface area (Å²) >= 11 is 5.70. The molecule has 13 heavy (non-hydrogen) atoms. The lowest BCUT2D eigenvalue weighted by atomic mass is 10.3. The van der Waals surface area contributed by atoms with Crippen molar-refractivity contribution >= 4 is 23.3 Å². The Morgan fingerprint density at radius 1 is 1.77 bits per heavy atom. The first-order valence-electron chi connectivity index (χ1n) is 3.46. The Labute approximate surface area is 80.2 Å². The number of nitriles is 1. The lowest BCUT2D eigenvalue weighted by Crippen LogP contribution is -2.07. The number of hydrogen-bond acceptors (Lipinski definition) is 3. The highest BCUT2D eigenvalue weighted by atomic mass is 35.5. The van der Waals surface area contributed by atoms with E-state index in [0.717, 1.165) is 0 Å². The van der Waals surface area contributed by atoms with Crippen molar-refractivity contribution in [2.45, 2.75) is 6.92 Å². The Morgan fingerprint density at radius 3 is 2.92 bits per heavy atom. The number of nitrogens with one attached hydrogen (secondary N) is 1. The van der Waals surface area contributed by atoms with Gasteiger partial charge in [-0.05, 0) is 0 Å². The molecular weight excluding hydrogens is 190 g/mol. The summed E-state index contributed by atoms with van der Waals surface area (Å²) in [5.74, 6) is 0.116. The molecule has 4 nitrogen and oxygen atoms in total. The molecule has 0 radical (unpaired) electrons. The molecule has 1 aromatic heterocycles. The second-order valence-corrected chi connectivity index (χ2v) is 2.75. The number of hydrogen-bond donors (Lipinski definition) is 1. The van der Waals surface area contributed by atoms with Crippen molar-refractivity contribution in [3.05, 3.63) is 22.8 Å². The molecule has 0 saturated heterocycles. The molecule has 1 heterocycles. The fourth-order valence-electron chi connectivity index (χ4n) is 0.762. The van der Waals surface area contributed by atoms with Gasteiger partial charge < -0.3 is 5.32 Å². The number of pyridine rings is 1. The second-order valence-electron chi connectivity index (χ2n) is 2.34. The van der Waals surface area contributed by atoms with Gasteiger partial charge in [-0.2, -0.15) is 5.26 Å². The third-order valence-corrected chi connectivity index (χ3v) is 1.59. The van der Waals surface area contributed by atoms with Gasteiger partial charge in [-0.3, -0.25) is 4.79 Å². The summed E-state index contributed by atoms with van der Waals surface area (Å²) in [6.45, 7) is 1.37. The maximum atomic E-state index is 10.6. The van der Waals surface area contributed by atoms with Crippen LogP contribution in [0.4, 0.5) is 5.82 Å². The molecule has 0 aromatic carbocycles. The molecule has 0 unspecified atom stereocenters. The summed E-state index contributed by atoms with van der Waals surface area (Å²) in [6.07, 6.45) is 1.31. The number of carbonyl (C=O) groups excluding carboxylic acids is 1. The van der Waals surface area contributed by atoms with Crippen LogP contribution in [0, 0.1) is 11.3 Å². The predicted molar refractivity (Wildman–Crippen MR) is 48.3 cm³/mol. The Morgan fingerprint density at radius 2 is 2.46 bits per heavy atom. The molecule has 0 fully saturated rings. The van der Waals surface area contributed by atoms with E-state index in [0.29, 0.717) is 5.82 Å². The summed E-state index contributed by atoms with van der Waals surface area (Å²) in [5.41, 5.74) is 0.288. The maximum absolute atomic E-state index is 10.6. The first-order chi connectivity index (χ1) is 6.13. The van der Waals surface area contributed by atoms with Gasteiger partial charge >= 0.3 is 0 Å². The average Bonchev–Trinajstić information content (AvgIpc) is 2.03. The number of rotatable bonds is 1. The van der Waals surface area contributed by atoms with E-state index in [2.05, 4.69) is 10.3 Å². The third-order valence-electron chi connectivity index (χ3n) is 1.28. The highest BCUT2D eigenvalue weighted by Crippen LogP contribution is 2.17. The van der Waals surface area contributed by atoms with Crippen LogP contribution in [-0.2, 0) is 4.79 Å². The van der Waals surface area contributed by atoms with Crippen LogP contribution in [0.25, 0.3) is 0 Å². The molecule has 0 aliphatic heterocycles. The minimum atomic E-state index is -0.228. The zero-order valence-electron chi connectivity index (χ0n) is 6.84. The monoisotopic (exact) mass is 195 g/mol. The first-order valence-corrected chi connectivity index (χ1v) is 3.84. The number of aromatic nitrogens is 1. The van der Waals surface area contributed by atoms with Crippen LogP contribution in [0.3, 0.4) is 0 Å². The largest absolute Gasteiger partial charge is 0.311 e. The van der Waals surface area contributed by atoms with Crippen LogP contribution < -0.4 is 5.32 Å². The van der Waals surface area contributed by atoms with Crippen molar-refractivity contribution in [3.63, 3.8) is 0 Å². The molecule has 0 aliphatic rings. The molecule has 0 bridgehead atoms. The quantitative estimate of drug-likeness (QED) is 0.740. The Hall–Kier alpha value is -1.60. The molecule has 0 saturated carbocycles. The van der Waals surface area contributed by atoms with Gasteiger partial charge in [0.05, 0.1) is 10.6 Å². The van der Waals surface area contributed by atoms with Crippen molar-refractivity contribution < 1.29 is 4.79 Å². The summed E-state index contributed by atoms with van der Waals surface area (Å²) < 4.78 is 0. The van der Waals surface area contributed by atoms with E-state index in [1.165, 1.54) is 19.2 Å². The fraction of sp³-hybridized carbons (Fsp3) is 0.125. The van der Waals surface area contributed by atoms with Gasteiger partial charge in [0.25, 0.3) is 0 Å². The van der Waals surface area contributed by atoms with Gasteiger partial charge in [0.15, 0.2) is 0 Å². The number of carbonyl (C=O) groups is 1. The fourth-order valence-corrected chi connectivity index (χ4v) is 0.956. The van der Waals surface area contributed by atoms with Crippen molar-refractivity contribution in [1.82, 2.24) is 4.98 Å². The lowest BCUT2D eigenvalue weighted by molar-refractivity contribution is -0.114. The van der Waals surface area contributed by atoms with Crippen molar-refractivity contribution in [1.29, 1.82) is 5.26 Å². The summed E-state index contributed by atoms with van der Waals surface area (Å²) in [4.78, 5) is 14.4. The van der Waals surface area contributed by atoms with Gasteiger partial charge in [-0.25, -0.2) is 4.98 Å². The van der Waals surface area contributed by atoms with E-state index in [4.69, 9.17) is 16.9 Å². The smallest absolute Gasteiger partial charge is 0.222 e. The lowest BCUT2D eigenvalue weighted by Gasteiger charge is -2.01. The molecule has 0 aliphatic carbocycles. The number of anilines is 1. The van der Waals surface area contributed by atoms with E-state index in [1.807, 2.05) is 6.07 Å². The van der Waals surface area contributed by atoms with Gasteiger partial charge in [-0.1, -0.05) is 11.6 Å². The summed E-state index contributed by atoms with van der Waals surface area (Å²) in [6, 6.07) is 3.30. The maximum Gasteiger partial charge on any atom is 0.222 e. The molecule has 5 heteroatoms. The number of halogens is 1. The third kappa shape index (κ3) is 2.42. The minimum Gasteiger partial charge on any atom is -0.311 e. The first kappa shape index (κ1) is 9.49. The average molecular weight is 196 g/mol. The van der Waals surface area contributed by atoms with E-state index in [1.54, 1.807) is 0 Å². The zero-order valence-corrected chi connectivity index (χ0v) is 7.59. The molecule has 1 rings (SSSR count). The standard InChI is InChI=1S/C8H6ClN3O/c1-5(13)12-8-2-7(9)6(3-10)4-11-8/h2,4H,1H3,(H,11,12,13). The summed E-state index contributed by atoms with van der Waals surface area (Å²) in [5, 5.41) is 11.3. The van der Waals surface area contributed by atoms with Crippen molar-refractivity contribution in [3.8, 4) is 6.07 Å². The molecule has 1 N–H and O–H groups in total. The predicted octanol–water partition coefficient (Wildman–Crippen LogP) is 1.57. The van der Waals surface area contributed by atoms with Crippen LogP contribution in [0.5, 0.6) is 0 Å². The van der Waals surface area contributed by atoms with Gasteiger partial charge in [0, 0.05) is 19.2 Å². The van der Waals surface area contributed by atoms with Crippen LogP contribution in [0.1, 0.15) is 12.5 Å². The molecule has 66 valence electrons. The number of nitrogens with zero attached hydrogens (tertiary/aromatic N) is 2. The second kappa shape index (κ2) is 3.87. The van der Waals surface area contributed by atoms with Crippen LogP contribution in [0.15, 0.2) is 12.3 Å². The molecule has 0 atom stereocenters. The van der Waals surface area contributed by atoms with Crippen molar-refractivity contribution in [2.24, 2.45) is 0 Å². The topological polar surface area (TPSA) is 65.8 Å². The van der Waals surface area contributed by atoms with Gasteiger partial charge in [-0.15, -0.1) is 0 Å². The number of amides is 1. The Kier molecular flexibility index (Phi) is 2.83. The zero-order chi connectivity index (χ0) is 9.84. The van der Waals surface area contributed by atoms with E-state index in [-0.39, 0.29) is 16.5 Å². The van der Waals surface area contributed by atoms with E-state index >= 15 is 0 Å². The molecule has 1 amide bonds. The van der Waals surface area contributed by atoms with Crippen LogP contribution in [0.2, 0.25) is 5.02 Å². The highest BCUT2D eigenvalue weighted by molar-refractivity contribution is 6.32. The van der Waals surface area contributed by atoms with Crippen molar-refractivity contribution in [2.75, 3.05) is 5.32 Å².